The van der Waals surface area contributed by atoms with E-state index in [9.17, 15) is 0 Å². The molecule has 0 aliphatic rings. The molecule has 17 heteroatoms. The molecule has 108 valence electrons. The van der Waals surface area contributed by atoms with E-state index in [1.807, 2.05) is 0 Å². The minimum absolute atomic E-state index is 0. The Morgan fingerprint density at radius 3 is 1.00 bits per heavy atom. The van der Waals surface area contributed by atoms with Gasteiger partial charge < -0.3 is 17.5 Å². The Morgan fingerprint density at radius 1 is 1.00 bits per heavy atom. The van der Waals surface area contributed by atoms with Crippen LogP contribution in [0.3, 0.4) is 0 Å². The Kier molecular flexibility index (Phi) is 96.7. The van der Waals surface area contributed by atoms with Gasteiger partial charge in [0, 0.05) is 86.0 Å². The van der Waals surface area contributed by atoms with E-state index in [0.29, 0.717) is 0 Å². The van der Waals surface area contributed by atoms with Gasteiger partial charge in [0.25, 0.3) is 0 Å². The summed E-state index contributed by atoms with van der Waals surface area (Å²) in [5, 5.41) is 0. The second-order valence-electron chi connectivity index (χ2n) is 0.928. The molecule has 3 radical (unpaired) electrons. The van der Waals surface area contributed by atoms with Gasteiger partial charge in [-0.15, -0.1) is 0 Å². The summed E-state index contributed by atoms with van der Waals surface area (Å²) >= 11 is -5.12. The topological polar surface area (TPSA) is 152 Å². The number of rotatable bonds is 0. The van der Waals surface area contributed by atoms with Crippen molar-refractivity contribution < 1.29 is 175 Å². The van der Waals surface area contributed by atoms with Crippen LogP contribution < -0.4 is 37.7 Å². The van der Waals surface area contributed by atoms with Gasteiger partial charge in [-0.05, 0) is 0 Å². The maximum absolute atomic E-state index is 8.88. The summed E-state index contributed by atoms with van der Waals surface area (Å²) in [5.41, 5.74) is 0. The summed E-state index contributed by atoms with van der Waals surface area (Å²) in [6, 6.07) is 0. The SMILES string of the molecule is O=P(O)(O)O.[Co].[Fe].[H-].[H-].[Li+].[Li+].[Mn].[Ni].[O]=[Mn](=[O])([OH])[OH].[V]. The van der Waals surface area contributed by atoms with E-state index in [2.05, 4.69) is 0 Å². The Morgan fingerprint density at radius 2 is 1.00 bits per heavy atom. The molecular formula is H7CoFeLi2Mn2NiO8PV. The molecule has 0 unspecified atom stereocenters. The van der Waals surface area contributed by atoms with Crippen molar-refractivity contribution in [1.82, 2.24) is 0 Å². The Labute approximate surface area is 180 Å². The molecule has 0 amide bonds. The van der Waals surface area contributed by atoms with Crippen molar-refractivity contribution in [2.24, 2.45) is 0 Å². The summed E-state index contributed by atoms with van der Waals surface area (Å²) in [7, 11) is -4.64. The number of hydrogen-bond donors (Lipinski definition) is 5. The molecular weight excluding hydrogens is 507 g/mol. The fourth-order valence-corrected chi connectivity index (χ4v) is 0. The molecule has 0 bridgehead atoms. The predicted molar refractivity (Wildman–Crippen MR) is 22.3 cm³/mol. The molecule has 0 aliphatic carbocycles. The number of hydrogen-bond acceptors (Lipinski definition) is 3. The normalized spacial score (nSPS) is 6.88. The van der Waals surface area contributed by atoms with Gasteiger partial charge in [0.2, 0.25) is 0 Å². The van der Waals surface area contributed by atoms with E-state index in [-0.39, 0.29) is 127 Å². The third kappa shape index (κ3) is 409. The Bertz CT molecular complexity index is 229. The molecule has 0 spiro atoms. The Balaban J connectivity index is -0.00000000508. The maximum Gasteiger partial charge on any atom is 0 e. The average Bonchev–Trinajstić information content (AvgIpc) is 1.12. The van der Waals surface area contributed by atoms with Crippen molar-refractivity contribution in [2.75, 3.05) is 0 Å². The third-order valence-electron chi connectivity index (χ3n) is 0. The predicted octanol–water partition coefficient (Wildman–Crippen LogP) is -8.06. The zero-order chi connectivity index (χ0) is 9.00. The molecule has 0 fully saturated rings. The van der Waals surface area contributed by atoms with Crippen LogP contribution in [0.25, 0.3) is 0 Å². The molecule has 0 saturated heterocycles. The zero-order valence-electron chi connectivity index (χ0n) is 10.1. The van der Waals surface area contributed by atoms with E-state index < -0.39 is 21.2 Å². The van der Waals surface area contributed by atoms with E-state index in [1.165, 1.54) is 0 Å². The van der Waals surface area contributed by atoms with Gasteiger partial charge in [-0.25, -0.2) is 4.57 Å². The molecule has 0 atom stereocenters. The summed E-state index contributed by atoms with van der Waals surface area (Å²) < 4.78 is 40.7. The van der Waals surface area contributed by atoms with Crippen LogP contribution in [0.15, 0.2) is 0 Å². The fourth-order valence-electron chi connectivity index (χ4n) is 0. The van der Waals surface area contributed by atoms with Gasteiger partial charge in [0.15, 0.2) is 0 Å². The largest absolute Gasteiger partial charge is 0 e. The van der Waals surface area contributed by atoms with Crippen LogP contribution in [0.2, 0.25) is 0 Å². The first-order valence-electron chi connectivity index (χ1n) is 1.43. The molecule has 0 aliphatic heterocycles. The molecule has 0 saturated carbocycles. The third-order valence-corrected chi connectivity index (χ3v) is 0. The summed E-state index contributed by atoms with van der Waals surface area (Å²) in [6.07, 6.45) is 0. The first-order valence-corrected chi connectivity index (χ1v) is 5.01. The van der Waals surface area contributed by atoms with E-state index in [4.69, 9.17) is 35.3 Å². The van der Waals surface area contributed by atoms with Gasteiger partial charge in [-0.2, -0.15) is 0 Å². The van der Waals surface area contributed by atoms with Crippen LogP contribution in [0.1, 0.15) is 2.85 Å². The Hall–Kier alpha value is 3.97. The van der Waals surface area contributed by atoms with Crippen molar-refractivity contribution in [3.63, 3.8) is 0 Å². The van der Waals surface area contributed by atoms with Crippen LogP contribution in [0.5, 0.6) is 0 Å². The molecule has 8 nitrogen and oxygen atoms in total. The maximum atomic E-state index is 8.88. The van der Waals surface area contributed by atoms with Crippen LogP contribution >= 0.6 is 7.82 Å². The van der Waals surface area contributed by atoms with Crippen molar-refractivity contribution in [1.29, 1.82) is 0 Å². The van der Waals surface area contributed by atoms with Crippen LogP contribution in [-0.4, -0.2) is 23.1 Å². The van der Waals surface area contributed by atoms with Crippen LogP contribution in [0.4, 0.5) is 0 Å². The van der Waals surface area contributed by atoms with Crippen molar-refractivity contribution in [3.05, 3.63) is 0 Å². The zero-order valence-corrected chi connectivity index (χ0v) is 15.9. The van der Waals surface area contributed by atoms with E-state index in [0.717, 1.165) is 0 Å². The van der Waals surface area contributed by atoms with Crippen molar-refractivity contribution >= 4 is 7.82 Å². The molecule has 0 aromatic carbocycles. The van der Waals surface area contributed by atoms with Gasteiger partial charge in [-0.3, -0.25) is 0 Å². The minimum Gasteiger partial charge on any atom is 0 e. The van der Waals surface area contributed by atoms with Gasteiger partial charge in [0.05, 0.1) is 0 Å². The monoisotopic (exact) mass is 514 g/mol. The molecule has 0 rings (SSSR count). The van der Waals surface area contributed by atoms with Gasteiger partial charge >= 0.3 is 75.0 Å². The molecule has 0 heterocycles. The molecule has 0 aromatic rings. The quantitative estimate of drug-likeness (QED) is 0.158. The first-order chi connectivity index (χ1) is 4.00. The molecule has 17 heavy (non-hydrogen) atoms. The van der Waals surface area contributed by atoms with Gasteiger partial charge in [0.1, 0.15) is 0 Å². The van der Waals surface area contributed by atoms with Crippen LogP contribution in [0, 0.1) is 0 Å². The summed E-state index contributed by atoms with van der Waals surface area (Å²) in [6.45, 7) is 0. The van der Waals surface area contributed by atoms with Crippen molar-refractivity contribution in [2.45, 2.75) is 0 Å². The molecule has 5 N–H and O–H groups in total. The summed E-state index contributed by atoms with van der Waals surface area (Å²) in [5.74, 6) is 0. The average molecular weight is 514 g/mol. The molecule has 0 aromatic heterocycles. The first kappa shape index (κ1) is 58.4. The minimum atomic E-state index is -5.12. The van der Waals surface area contributed by atoms with E-state index in [1.54, 1.807) is 0 Å². The number of phosphoric acid groups is 1. The standard InChI is InChI=1S/Co.Fe.2Li.2Mn.Ni.H3O4P.2H2O.2O.V.2H/c;;;;;;;1-5(2,3)4;;;;;;;/h;;;;;;;(H3,1,2,3,4);2*1H2;;;;;/q;;2*+1;;+2;;;;;;;;2*-1/p-2. The summed E-state index contributed by atoms with van der Waals surface area (Å²) in [4.78, 5) is 21.6. The van der Waals surface area contributed by atoms with Crippen molar-refractivity contribution in [3.8, 4) is 0 Å². The van der Waals surface area contributed by atoms with E-state index >= 15 is 0 Å². The van der Waals surface area contributed by atoms with Crippen LogP contribution in [-0.2, 0) is 112 Å². The van der Waals surface area contributed by atoms with Gasteiger partial charge in [-0.1, -0.05) is 0 Å². The fraction of sp³-hybridized carbons (Fsp3) is 0. The second kappa shape index (κ2) is 28.2. The smallest absolute Gasteiger partial charge is 0 e. The second-order valence-corrected chi connectivity index (χ2v) is 3.25.